The van der Waals surface area contributed by atoms with Crippen LogP contribution in [0.15, 0.2) is 5.11 Å². The number of likely N-dealkylation sites (tertiary alicyclic amines) is 1. The van der Waals surface area contributed by atoms with Crippen molar-refractivity contribution in [2.24, 2.45) is 5.11 Å². The molecule has 1 fully saturated rings. The van der Waals surface area contributed by atoms with Crippen molar-refractivity contribution >= 4 is 14.4 Å². The SMILES string of the molecule is C[C@@H](N=[N+]=[N-])[C@@H]1[C@H](O[Si](C)(C)C(C)(C)C)CCN1C(=O)OC(C)(C)C. The fourth-order valence-electron chi connectivity index (χ4n) is 2.73. The van der Waals surface area contributed by atoms with Crippen molar-refractivity contribution in [3.8, 4) is 0 Å². The van der Waals surface area contributed by atoms with Crippen molar-refractivity contribution in [3.63, 3.8) is 0 Å². The number of azide groups is 1. The molecule has 1 rings (SSSR count). The lowest BCUT2D eigenvalue weighted by atomic mass is 10.1. The lowest BCUT2D eigenvalue weighted by Crippen LogP contribution is -2.52. The minimum absolute atomic E-state index is 0.0681. The van der Waals surface area contributed by atoms with E-state index in [0.29, 0.717) is 6.54 Å². The molecule has 0 aromatic heterocycles. The normalized spacial score (nSPS) is 23.2. The second-order valence-electron chi connectivity index (χ2n) is 9.32. The quantitative estimate of drug-likeness (QED) is 0.299. The third-order valence-corrected chi connectivity index (χ3v) is 9.51. The van der Waals surface area contributed by atoms with Crippen LogP contribution in [0.3, 0.4) is 0 Å². The first kappa shape index (κ1) is 21.8. The highest BCUT2D eigenvalue weighted by Gasteiger charge is 2.47. The van der Waals surface area contributed by atoms with Gasteiger partial charge < -0.3 is 14.1 Å². The Balaban J connectivity index is 3.07. The minimum Gasteiger partial charge on any atom is -0.444 e. The smallest absolute Gasteiger partial charge is 0.410 e. The minimum atomic E-state index is -2.01. The van der Waals surface area contributed by atoms with Gasteiger partial charge in [-0.1, -0.05) is 32.8 Å². The predicted molar refractivity (Wildman–Crippen MR) is 102 cm³/mol. The van der Waals surface area contributed by atoms with E-state index in [4.69, 9.17) is 14.7 Å². The Morgan fingerprint density at radius 1 is 1.28 bits per heavy atom. The number of carbonyl (C=O) groups is 1. The number of ether oxygens (including phenoxy) is 1. The topological polar surface area (TPSA) is 87.5 Å². The predicted octanol–water partition coefficient (Wildman–Crippen LogP) is 5.09. The number of carbonyl (C=O) groups excluding carboxylic acids is 1. The summed E-state index contributed by atoms with van der Waals surface area (Å²) in [5.74, 6) is 0. The number of amides is 1. The van der Waals surface area contributed by atoms with Gasteiger partial charge in [0.05, 0.1) is 18.2 Å². The highest BCUT2D eigenvalue weighted by Crippen LogP contribution is 2.40. The van der Waals surface area contributed by atoms with Crippen LogP contribution >= 0.6 is 0 Å². The summed E-state index contributed by atoms with van der Waals surface area (Å²) in [7, 11) is -2.01. The Morgan fingerprint density at radius 2 is 1.84 bits per heavy atom. The van der Waals surface area contributed by atoms with Crippen LogP contribution in [0.1, 0.15) is 54.9 Å². The van der Waals surface area contributed by atoms with Crippen molar-refractivity contribution in [1.29, 1.82) is 0 Å². The molecule has 8 heteroatoms. The fourth-order valence-corrected chi connectivity index (χ4v) is 4.09. The summed E-state index contributed by atoms with van der Waals surface area (Å²) in [5, 5.41) is 3.91. The molecule has 1 aliphatic heterocycles. The molecule has 144 valence electrons. The Hall–Kier alpha value is -1.24. The van der Waals surface area contributed by atoms with Gasteiger partial charge in [-0.15, -0.1) is 0 Å². The fraction of sp³-hybridized carbons (Fsp3) is 0.941. The monoisotopic (exact) mass is 370 g/mol. The molecule has 0 radical (unpaired) electrons. The van der Waals surface area contributed by atoms with E-state index >= 15 is 0 Å². The lowest BCUT2D eigenvalue weighted by molar-refractivity contribution is 0.0138. The molecule has 0 aromatic rings. The highest BCUT2D eigenvalue weighted by atomic mass is 28.4. The Bertz CT molecular complexity index is 533. The lowest BCUT2D eigenvalue weighted by Gasteiger charge is -2.41. The second kappa shape index (κ2) is 7.56. The van der Waals surface area contributed by atoms with Gasteiger partial charge in [0.15, 0.2) is 8.32 Å². The van der Waals surface area contributed by atoms with E-state index in [1.165, 1.54) is 0 Å². The van der Waals surface area contributed by atoms with E-state index in [-0.39, 0.29) is 29.3 Å². The number of hydrogen-bond acceptors (Lipinski definition) is 4. The molecule has 1 saturated heterocycles. The number of hydrogen-bond donors (Lipinski definition) is 0. The van der Waals surface area contributed by atoms with E-state index in [9.17, 15) is 4.79 Å². The molecule has 25 heavy (non-hydrogen) atoms. The summed E-state index contributed by atoms with van der Waals surface area (Å²) in [6.45, 7) is 18.8. The van der Waals surface area contributed by atoms with Crippen LogP contribution in [-0.2, 0) is 9.16 Å². The maximum Gasteiger partial charge on any atom is 0.410 e. The zero-order chi connectivity index (χ0) is 19.6. The summed E-state index contributed by atoms with van der Waals surface area (Å²) in [5.41, 5.74) is 8.28. The largest absolute Gasteiger partial charge is 0.444 e. The van der Waals surface area contributed by atoms with Crippen LogP contribution in [0.2, 0.25) is 18.1 Å². The molecule has 1 amide bonds. The maximum absolute atomic E-state index is 12.6. The Kier molecular flexibility index (Phi) is 6.59. The summed E-state index contributed by atoms with van der Waals surface area (Å²) >= 11 is 0. The van der Waals surface area contributed by atoms with Gasteiger partial charge in [0.25, 0.3) is 0 Å². The summed E-state index contributed by atoms with van der Waals surface area (Å²) in [4.78, 5) is 17.2. The molecule has 1 aliphatic rings. The van der Waals surface area contributed by atoms with E-state index in [0.717, 1.165) is 6.42 Å². The van der Waals surface area contributed by atoms with Gasteiger partial charge in [0.2, 0.25) is 0 Å². The first-order valence-corrected chi connectivity index (χ1v) is 11.8. The van der Waals surface area contributed by atoms with Gasteiger partial charge in [0.1, 0.15) is 5.60 Å². The molecular weight excluding hydrogens is 336 g/mol. The van der Waals surface area contributed by atoms with Gasteiger partial charge in [-0.2, -0.15) is 0 Å². The van der Waals surface area contributed by atoms with Crippen molar-refractivity contribution < 1.29 is 14.0 Å². The van der Waals surface area contributed by atoms with Gasteiger partial charge in [0, 0.05) is 11.5 Å². The zero-order valence-corrected chi connectivity index (χ0v) is 18.2. The van der Waals surface area contributed by atoms with Crippen LogP contribution in [0.4, 0.5) is 4.79 Å². The Labute approximate surface area is 152 Å². The molecule has 0 spiro atoms. The molecule has 0 unspecified atom stereocenters. The standard InChI is InChI=1S/C17H34N4O3Si/c1-12(19-20-18)14-13(24-25(8,9)17(5,6)7)10-11-21(14)15(22)23-16(2,3)4/h12-14H,10-11H2,1-9H3/t12-,13-,14-/m1/s1. The third kappa shape index (κ3) is 5.62. The molecular formula is C17H34N4O3Si. The first-order valence-electron chi connectivity index (χ1n) is 8.91. The van der Waals surface area contributed by atoms with Gasteiger partial charge in [-0.05, 0) is 50.9 Å². The summed E-state index contributed by atoms with van der Waals surface area (Å²) in [6.07, 6.45) is 0.203. The van der Waals surface area contributed by atoms with Crippen molar-refractivity contribution in [2.45, 2.75) is 96.8 Å². The number of nitrogens with zero attached hydrogens (tertiary/aromatic N) is 4. The average Bonchev–Trinajstić information content (AvgIpc) is 2.78. The van der Waals surface area contributed by atoms with E-state index in [1.807, 2.05) is 27.7 Å². The molecule has 7 nitrogen and oxygen atoms in total. The third-order valence-electron chi connectivity index (χ3n) is 5.00. The van der Waals surface area contributed by atoms with Crippen molar-refractivity contribution in [2.75, 3.05) is 6.54 Å². The van der Waals surface area contributed by atoms with Crippen LogP contribution in [0.25, 0.3) is 10.4 Å². The zero-order valence-electron chi connectivity index (χ0n) is 17.2. The van der Waals surface area contributed by atoms with Gasteiger partial charge in [-0.25, -0.2) is 4.79 Å². The highest BCUT2D eigenvalue weighted by molar-refractivity contribution is 6.74. The molecule has 0 N–H and O–H groups in total. The summed E-state index contributed by atoms with van der Waals surface area (Å²) in [6, 6.07) is -0.685. The van der Waals surface area contributed by atoms with Gasteiger partial charge in [-0.3, -0.25) is 0 Å². The molecule has 1 heterocycles. The molecule has 0 saturated carbocycles. The molecule has 0 aromatic carbocycles. The van der Waals surface area contributed by atoms with Crippen LogP contribution < -0.4 is 0 Å². The molecule has 3 atom stereocenters. The average molecular weight is 371 g/mol. The van der Waals surface area contributed by atoms with E-state index in [2.05, 4.69) is 43.9 Å². The summed E-state index contributed by atoms with van der Waals surface area (Å²) < 4.78 is 12.1. The van der Waals surface area contributed by atoms with Crippen LogP contribution in [0, 0.1) is 0 Å². The van der Waals surface area contributed by atoms with E-state index in [1.54, 1.807) is 4.90 Å². The second-order valence-corrected chi connectivity index (χ2v) is 14.1. The molecule has 0 bridgehead atoms. The van der Waals surface area contributed by atoms with Crippen molar-refractivity contribution in [1.82, 2.24) is 4.90 Å². The van der Waals surface area contributed by atoms with Crippen molar-refractivity contribution in [3.05, 3.63) is 10.4 Å². The van der Waals surface area contributed by atoms with E-state index < -0.39 is 13.9 Å². The first-order chi connectivity index (χ1) is 11.2. The Morgan fingerprint density at radius 3 is 2.28 bits per heavy atom. The molecule has 0 aliphatic carbocycles. The van der Waals surface area contributed by atoms with Gasteiger partial charge >= 0.3 is 6.09 Å². The van der Waals surface area contributed by atoms with Crippen LogP contribution in [0.5, 0.6) is 0 Å². The number of rotatable bonds is 4. The van der Waals surface area contributed by atoms with Crippen LogP contribution in [-0.4, -0.2) is 49.6 Å². The maximum atomic E-state index is 12.6.